The van der Waals surface area contributed by atoms with Crippen molar-refractivity contribution in [3.05, 3.63) is 34.9 Å². The molecule has 0 heterocycles. The molecule has 0 radical (unpaired) electrons. The van der Waals surface area contributed by atoms with Gasteiger partial charge >= 0.3 is 5.97 Å². The van der Waals surface area contributed by atoms with Gasteiger partial charge in [0, 0.05) is 11.4 Å². The summed E-state index contributed by atoms with van der Waals surface area (Å²) in [5.74, 6) is -1.26. The summed E-state index contributed by atoms with van der Waals surface area (Å²) in [5.41, 5.74) is 1.11. The van der Waals surface area contributed by atoms with E-state index in [2.05, 4.69) is 5.32 Å². The largest absolute Gasteiger partial charge is 0.480 e. The predicted molar refractivity (Wildman–Crippen MR) is 69.6 cm³/mol. The third-order valence-corrected chi connectivity index (χ3v) is 2.78. The van der Waals surface area contributed by atoms with Gasteiger partial charge in [-0.05, 0) is 37.5 Å². The van der Waals surface area contributed by atoms with Crippen LogP contribution in [0.15, 0.2) is 24.3 Å². The number of carbonyl (C=O) groups is 2. The molecule has 5 heteroatoms. The third-order valence-electron chi connectivity index (χ3n) is 2.53. The van der Waals surface area contributed by atoms with Gasteiger partial charge in [-0.2, -0.15) is 0 Å². The van der Waals surface area contributed by atoms with Crippen LogP contribution in [0.5, 0.6) is 0 Å². The lowest BCUT2D eigenvalue weighted by Gasteiger charge is -2.08. The number of amides is 1. The number of aliphatic carboxylic acids is 1. The molecule has 0 aliphatic heterocycles. The van der Waals surface area contributed by atoms with Crippen LogP contribution in [0.1, 0.15) is 25.3 Å². The maximum Gasteiger partial charge on any atom is 0.325 e. The van der Waals surface area contributed by atoms with E-state index in [0.29, 0.717) is 17.9 Å². The molecule has 0 aromatic heterocycles. The molecule has 0 unspecified atom stereocenters. The van der Waals surface area contributed by atoms with E-state index < -0.39 is 12.0 Å². The molecule has 0 fully saturated rings. The molecule has 1 atom stereocenters. The van der Waals surface area contributed by atoms with Crippen molar-refractivity contribution in [3.8, 4) is 0 Å². The highest BCUT2D eigenvalue weighted by Gasteiger charge is 2.13. The Bertz CT molecular complexity index is 417. The highest BCUT2D eigenvalue weighted by molar-refractivity contribution is 6.30. The standard InChI is InChI=1S/C13H16ClNO3/c1-9(13(17)18)15-12(16)4-2-3-10-5-7-11(14)8-6-10/h5-9H,2-4H2,1H3,(H,15,16)(H,17,18)/t9-/m1/s1. The lowest BCUT2D eigenvalue weighted by atomic mass is 10.1. The molecule has 0 bridgehead atoms. The predicted octanol–water partition coefficient (Wildman–Crippen LogP) is 2.25. The minimum Gasteiger partial charge on any atom is -0.480 e. The Hall–Kier alpha value is -1.55. The van der Waals surface area contributed by atoms with Crippen molar-refractivity contribution >= 4 is 23.5 Å². The molecule has 0 spiro atoms. The van der Waals surface area contributed by atoms with Gasteiger partial charge in [0.2, 0.25) is 5.91 Å². The fourth-order valence-electron chi connectivity index (χ4n) is 1.48. The van der Waals surface area contributed by atoms with Gasteiger partial charge < -0.3 is 10.4 Å². The first-order valence-electron chi connectivity index (χ1n) is 5.75. The number of hydrogen-bond acceptors (Lipinski definition) is 2. The van der Waals surface area contributed by atoms with Crippen LogP contribution < -0.4 is 5.32 Å². The number of carboxylic acid groups (broad SMARTS) is 1. The summed E-state index contributed by atoms with van der Waals surface area (Å²) in [7, 11) is 0. The minimum atomic E-state index is -1.03. The number of benzene rings is 1. The van der Waals surface area contributed by atoms with E-state index in [1.165, 1.54) is 6.92 Å². The summed E-state index contributed by atoms with van der Waals surface area (Å²) in [5, 5.41) is 11.7. The van der Waals surface area contributed by atoms with E-state index in [-0.39, 0.29) is 5.91 Å². The highest BCUT2D eigenvalue weighted by atomic mass is 35.5. The topological polar surface area (TPSA) is 66.4 Å². The van der Waals surface area contributed by atoms with Crippen molar-refractivity contribution in [2.45, 2.75) is 32.2 Å². The van der Waals surface area contributed by atoms with Crippen molar-refractivity contribution in [2.24, 2.45) is 0 Å². The van der Waals surface area contributed by atoms with Gasteiger partial charge in [-0.15, -0.1) is 0 Å². The fourth-order valence-corrected chi connectivity index (χ4v) is 1.61. The molecule has 0 saturated heterocycles. The molecular formula is C13H16ClNO3. The molecule has 98 valence electrons. The van der Waals surface area contributed by atoms with Crippen molar-refractivity contribution in [1.29, 1.82) is 0 Å². The first-order chi connectivity index (χ1) is 8.49. The van der Waals surface area contributed by atoms with E-state index in [1.54, 1.807) is 0 Å². The van der Waals surface area contributed by atoms with Gasteiger partial charge in [0.15, 0.2) is 0 Å². The van der Waals surface area contributed by atoms with Crippen LogP contribution in [0.2, 0.25) is 5.02 Å². The zero-order chi connectivity index (χ0) is 13.5. The number of rotatable bonds is 6. The van der Waals surface area contributed by atoms with Crippen molar-refractivity contribution < 1.29 is 14.7 Å². The lowest BCUT2D eigenvalue weighted by molar-refractivity contribution is -0.141. The minimum absolute atomic E-state index is 0.237. The van der Waals surface area contributed by atoms with E-state index >= 15 is 0 Å². The van der Waals surface area contributed by atoms with Crippen molar-refractivity contribution in [3.63, 3.8) is 0 Å². The second kappa shape index (κ2) is 7.01. The summed E-state index contributed by atoms with van der Waals surface area (Å²) in [6.07, 6.45) is 1.77. The molecule has 4 nitrogen and oxygen atoms in total. The number of hydrogen-bond donors (Lipinski definition) is 2. The Labute approximate surface area is 111 Å². The average molecular weight is 270 g/mol. The lowest BCUT2D eigenvalue weighted by Crippen LogP contribution is -2.38. The summed E-state index contributed by atoms with van der Waals surface area (Å²) in [4.78, 5) is 21.9. The van der Waals surface area contributed by atoms with E-state index in [9.17, 15) is 9.59 Å². The number of carboxylic acids is 1. The van der Waals surface area contributed by atoms with Crippen LogP contribution in [0, 0.1) is 0 Å². The molecule has 0 saturated carbocycles. The third kappa shape index (κ3) is 5.19. The SMILES string of the molecule is C[C@@H](NC(=O)CCCc1ccc(Cl)cc1)C(=O)O. The first kappa shape index (κ1) is 14.5. The molecule has 18 heavy (non-hydrogen) atoms. The number of carbonyl (C=O) groups excluding carboxylic acids is 1. The number of aryl methyl sites for hydroxylation is 1. The molecule has 2 N–H and O–H groups in total. The van der Waals surface area contributed by atoms with Gasteiger partial charge in [0.05, 0.1) is 0 Å². The van der Waals surface area contributed by atoms with E-state index in [1.807, 2.05) is 24.3 Å². The van der Waals surface area contributed by atoms with Gasteiger partial charge in [0.25, 0.3) is 0 Å². The fraction of sp³-hybridized carbons (Fsp3) is 0.385. The molecule has 1 aromatic carbocycles. The molecular weight excluding hydrogens is 254 g/mol. The van der Waals surface area contributed by atoms with Crippen LogP contribution in [0.4, 0.5) is 0 Å². The Balaban J connectivity index is 2.27. The molecule has 0 aliphatic carbocycles. The molecule has 1 aromatic rings. The first-order valence-corrected chi connectivity index (χ1v) is 6.13. The maximum absolute atomic E-state index is 11.4. The highest BCUT2D eigenvalue weighted by Crippen LogP contribution is 2.11. The summed E-state index contributed by atoms with van der Waals surface area (Å²) < 4.78 is 0. The Morgan fingerprint density at radius 1 is 1.33 bits per heavy atom. The van der Waals surface area contributed by atoms with Crippen molar-refractivity contribution in [2.75, 3.05) is 0 Å². The molecule has 1 rings (SSSR count). The maximum atomic E-state index is 11.4. The Morgan fingerprint density at radius 2 is 1.94 bits per heavy atom. The van der Waals surface area contributed by atoms with Crippen LogP contribution in [-0.4, -0.2) is 23.0 Å². The molecule has 1 amide bonds. The number of nitrogens with one attached hydrogen (secondary N) is 1. The normalized spacial score (nSPS) is 11.9. The number of halogens is 1. The summed E-state index contributed by atoms with van der Waals surface area (Å²) in [6.45, 7) is 1.44. The molecule has 0 aliphatic rings. The second-order valence-corrected chi connectivity index (χ2v) is 4.54. The smallest absolute Gasteiger partial charge is 0.325 e. The second-order valence-electron chi connectivity index (χ2n) is 4.11. The van der Waals surface area contributed by atoms with Gasteiger partial charge in [-0.25, -0.2) is 0 Å². The average Bonchev–Trinajstić information content (AvgIpc) is 2.31. The van der Waals surface area contributed by atoms with Crippen LogP contribution >= 0.6 is 11.6 Å². The Kier molecular flexibility index (Phi) is 5.65. The van der Waals surface area contributed by atoms with Gasteiger partial charge in [-0.3, -0.25) is 9.59 Å². The Morgan fingerprint density at radius 3 is 2.50 bits per heavy atom. The van der Waals surface area contributed by atoms with Crippen LogP contribution in [-0.2, 0) is 16.0 Å². The van der Waals surface area contributed by atoms with E-state index in [4.69, 9.17) is 16.7 Å². The monoisotopic (exact) mass is 269 g/mol. The van der Waals surface area contributed by atoms with E-state index in [0.717, 1.165) is 12.0 Å². The van der Waals surface area contributed by atoms with Gasteiger partial charge in [0.1, 0.15) is 6.04 Å². The summed E-state index contributed by atoms with van der Waals surface area (Å²) >= 11 is 5.76. The van der Waals surface area contributed by atoms with Crippen molar-refractivity contribution in [1.82, 2.24) is 5.32 Å². The quantitative estimate of drug-likeness (QED) is 0.832. The zero-order valence-corrected chi connectivity index (χ0v) is 10.9. The van der Waals surface area contributed by atoms with Crippen LogP contribution in [0.3, 0.4) is 0 Å². The summed E-state index contributed by atoms with van der Waals surface area (Å²) in [6, 6.07) is 6.61. The van der Waals surface area contributed by atoms with Gasteiger partial charge in [-0.1, -0.05) is 23.7 Å². The van der Waals surface area contributed by atoms with Crippen LogP contribution in [0.25, 0.3) is 0 Å². The zero-order valence-electron chi connectivity index (χ0n) is 10.1.